The molecule has 1 heterocycles. The Bertz CT molecular complexity index is 322. The standard InChI is InChI=1S/C11H16ClNOS/c12-10-2-1-9(15-10)7-13-8-11(3-4-11)5-6-14/h1-2,13-14H,3-8H2. The van der Waals surface area contributed by atoms with Gasteiger partial charge in [0.2, 0.25) is 0 Å². The van der Waals surface area contributed by atoms with Crippen LogP contribution < -0.4 is 5.32 Å². The number of rotatable bonds is 6. The number of aliphatic hydroxyl groups is 1. The maximum Gasteiger partial charge on any atom is 0.0931 e. The molecule has 15 heavy (non-hydrogen) atoms. The third kappa shape index (κ3) is 3.18. The van der Waals surface area contributed by atoms with Crippen LogP contribution in [0.1, 0.15) is 24.1 Å². The summed E-state index contributed by atoms with van der Waals surface area (Å²) in [6.07, 6.45) is 3.45. The molecule has 1 aliphatic rings. The number of hydrogen-bond acceptors (Lipinski definition) is 3. The molecule has 2 rings (SSSR count). The largest absolute Gasteiger partial charge is 0.396 e. The normalized spacial score (nSPS) is 18.0. The predicted molar refractivity (Wildman–Crippen MR) is 64.4 cm³/mol. The van der Waals surface area contributed by atoms with Gasteiger partial charge >= 0.3 is 0 Å². The Morgan fingerprint density at radius 3 is 2.80 bits per heavy atom. The molecule has 1 aliphatic carbocycles. The highest BCUT2D eigenvalue weighted by Gasteiger charge is 2.41. The van der Waals surface area contributed by atoms with Gasteiger partial charge in [-0.25, -0.2) is 0 Å². The van der Waals surface area contributed by atoms with Gasteiger partial charge in [-0.15, -0.1) is 11.3 Å². The molecule has 0 spiro atoms. The SMILES string of the molecule is OCCC1(CNCc2ccc(Cl)s2)CC1. The Morgan fingerprint density at radius 2 is 2.27 bits per heavy atom. The zero-order valence-electron chi connectivity index (χ0n) is 8.63. The van der Waals surface area contributed by atoms with Crippen molar-refractivity contribution in [3.05, 3.63) is 21.3 Å². The van der Waals surface area contributed by atoms with E-state index < -0.39 is 0 Å². The summed E-state index contributed by atoms with van der Waals surface area (Å²) in [7, 11) is 0. The summed E-state index contributed by atoms with van der Waals surface area (Å²) in [6.45, 7) is 2.22. The number of aliphatic hydroxyl groups excluding tert-OH is 1. The Kier molecular flexibility index (Phi) is 3.67. The Labute approximate surface area is 99.3 Å². The van der Waals surface area contributed by atoms with Gasteiger partial charge in [0.25, 0.3) is 0 Å². The van der Waals surface area contributed by atoms with Crippen LogP contribution in [0.25, 0.3) is 0 Å². The van der Waals surface area contributed by atoms with Gasteiger partial charge in [0.15, 0.2) is 0 Å². The first-order chi connectivity index (χ1) is 7.24. The molecule has 1 fully saturated rings. The predicted octanol–water partition coefficient (Wildman–Crippen LogP) is 2.65. The first-order valence-corrected chi connectivity index (χ1v) is 6.49. The summed E-state index contributed by atoms with van der Waals surface area (Å²) in [6, 6.07) is 4.00. The first kappa shape index (κ1) is 11.4. The third-order valence-electron chi connectivity index (χ3n) is 3.03. The van der Waals surface area contributed by atoms with Gasteiger partial charge in [0.05, 0.1) is 4.34 Å². The molecule has 0 amide bonds. The summed E-state index contributed by atoms with van der Waals surface area (Å²) in [5.41, 5.74) is 0.399. The third-order valence-corrected chi connectivity index (χ3v) is 4.26. The van der Waals surface area contributed by atoms with Crippen molar-refractivity contribution in [2.45, 2.75) is 25.8 Å². The average molecular weight is 246 g/mol. The minimum atomic E-state index is 0.312. The van der Waals surface area contributed by atoms with Crippen LogP contribution in [0.2, 0.25) is 4.34 Å². The van der Waals surface area contributed by atoms with E-state index in [2.05, 4.69) is 11.4 Å². The topological polar surface area (TPSA) is 32.3 Å². The lowest BCUT2D eigenvalue weighted by atomic mass is 10.0. The van der Waals surface area contributed by atoms with Crippen molar-refractivity contribution in [1.82, 2.24) is 5.32 Å². The summed E-state index contributed by atoms with van der Waals surface area (Å²) in [5.74, 6) is 0. The summed E-state index contributed by atoms with van der Waals surface area (Å²) in [5, 5.41) is 12.4. The van der Waals surface area contributed by atoms with Gasteiger partial charge in [-0.05, 0) is 36.8 Å². The second kappa shape index (κ2) is 4.83. The van der Waals surface area contributed by atoms with Crippen LogP contribution in [-0.4, -0.2) is 18.3 Å². The fraction of sp³-hybridized carbons (Fsp3) is 0.636. The Balaban J connectivity index is 1.71. The fourth-order valence-corrected chi connectivity index (χ4v) is 2.88. The molecule has 2 nitrogen and oxygen atoms in total. The van der Waals surface area contributed by atoms with E-state index in [1.165, 1.54) is 17.7 Å². The van der Waals surface area contributed by atoms with E-state index in [1.54, 1.807) is 11.3 Å². The molecule has 84 valence electrons. The van der Waals surface area contributed by atoms with Crippen molar-refractivity contribution in [1.29, 1.82) is 0 Å². The van der Waals surface area contributed by atoms with Crippen molar-refractivity contribution < 1.29 is 5.11 Å². The maximum atomic E-state index is 8.92. The number of halogens is 1. The van der Waals surface area contributed by atoms with E-state index >= 15 is 0 Å². The number of nitrogens with one attached hydrogen (secondary N) is 1. The summed E-state index contributed by atoms with van der Waals surface area (Å²) < 4.78 is 0.850. The highest BCUT2D eigenvalue weighted by Crippen LogP contribution is 2.47. The summed E-state index contributed by atoms with van der Waals surface area (Å²) >= 11 is 7.47. The minimum Gasteiger partial charge on any atom is -0.396 e. The van der Waals surface area contributed by atoms with E-state index in [0.29, 0.717) is 12.0 Å². The van der Waals surface area contributed by atoms with E-state index in [9.17, 15) is 0 Å². The molecule has 0 radical (unpaired) electrons. The van der Waals surface area contributed by atoms with Gasteiger partial charge in [-0.3, -0.25) is 0 Å². The average Bonchev–Trinajstić information content (AvgIpc) is 2.83. The molecule has 0 saturated heterocycles. The first-order valence-electron chi connectivity index (χ1n) is 5.30. The molecule has 0 aliphatic heterocycles. The lowest BCUT2D eigenvalue weighted by Gasteiger charge is -2.13. The van der Waals surface area contributed by atoms with E-state index in [1.807, 2.05) is 6.07 Å². The zero-order valence-corrected chi connectivity index (χ0v) is 10.2. The molecular formula is C11H16ClNOS. The molecule has 0 aromatic carbocycles. The van der Waals surface area contributed by atoms with Crippen LogP contribution in [0.15, 0.2) is 12.1 Å². The van der Waals surface area contributed by atoms with Crippen LogP contribution >= 0.6 is 22.9 Å². The van der Waals surface area contributed by atoms with Crippen LogP contribution in [0.4, 0.5) is 0 Å². The Morgan fingerprint density at radius 1 is 1.47 bits per heavy atom. The van der Waals surface area contributed by atoms with E-state index in [4.69, 9.17) is 16.7 Å². The molecule has 1 saturated carbocycles. The smallest absolute Gasteiger partial charge is 0.0931 e. The van der Waals surface area contributed by atoms with Crippen molar-refractivity contribution in [2.24, 2.45) is 5.41 Å². The zero-order chi connectivity index (χ0) is 10.7. The molecule has 1 aromatic rings. The summed E-state index contributed by atoms with van der Waals surface area (Å²) in [4.78, 5) is 1.28. The molecule has 0 bridgehead atoms. The van der Waals surface area contributed by atoms with Crippen molar-refractivity contribution >= 4 is 22.9 Å². The molecule has 0 unspecified atom stereocenters. The van der Waals surface area contributed by atoms with Crippen molar-refractivity contribution in [3.63, 3.8) is 0 Å². The highest BCUT2D eigenvalue weighted by molar-refractivity contribution is 7.16. The van der Waals surface area contributed by atoms with Crippen LogP contribution in [0, 0.1) is 5.41 Å². The molecular weight excluding hydrogens is 230 g/mol. The second-order valence-corrected chi connectivity index (χ2v) is 6.08. The second-order valence-electron chi connectivity index (χ2n) is 4.28. The molecule has 4 heteroatoms. The van der Waals surface area contributed by atoms with Crippen molar-refractivity contribution in [2.75, 3.05) is 13.2 Å². The van der Waals surface area contributed by atoms with Gasteiger partial charge < -0.3 is 10.4 Å². The monoisotopic (exact) mass is 245 g/mol. The fourth-order valence-electron chi connectivity index (χ4n) is 1.83. The van der Waals surface area contributed by atoms with Crippen LogP contribution in [0.5, 0.6) is 0 Å². The van der Waals surface area contributed by atoms with Gasteiger partial charge in [0, 0.05) is 24.6 Å². The molecule has 1 aromatic heterocycles. The Hall–Kier alpha value is -0.0900. The maximum absolute atomic E-state index is 8.92. The van der Waals surface area contributed by atoms with E-state index in [-0.39, 0.29) is 0 Å². The minimum absolute atomic E-state index is 0.312. The van der Waals surface area contributed by atoms with Gasteiger partial charge in [-0.1, -0.05) is 11.6 Å². The lowest BCUT2D eigenvalue weighted by molar-refractivity contribution is 0.245. The van der Waals surface area contributed by atoms with Crippen LogP contribution in [0.3, 0.4) is 0 Å². The number of hydrogen-bond donors (Lipinski definition) is 2. The van der Waals surface area contributed by atoms with E-state index in [0.717, 1.165) is 23.8 Å². The lowest BCUT2D eigenvalue weighted by Crippen LogP contribution is -2.24. The van der Waals surface area contributed by atoms with Crippen molar-refractivity contribution in [3.8, 4) is 0 Å². The molecule has 0 atom stereocenters. The van der Waals surface area contributed by atoms with Crippen LogP contribution in [-0.2, 0) is 6.54 Å². The highest BCUT2D eigenvalue weighted by atomic mass is 35.5. The van der Waals surface area contributed by atoms with Gasteiger partial charge in [0.1, 0.15) is 0 Å². The number of thiophene rings is 1. The quantitative estimate of drug-likeness (QED) is 0.808. The van der Waals surface area contributed by atoms with Gasteiger partial charge in [-0.2, -0.15) is 0 Å². The molecule has 2 N–H and O–H groups in total.